The van der Waals surface area contributed by atoms with Gasteiger partial charge in [-0.25, -0.2) is 9.38 Å². The number of ether oxygens (including phenoxy) is 2. The van der Waals surface area contributed by atoms with Crippen LogP contribution in [0.15, 0.2) is 76.6 Å². The zero-order chi connectivity index (χ0) is 24.8. The number of amidine groups is 1. The van der Waals surface area contributed by atoms with Crippen LogP contribution in [0, 0.1) is 9.39 Å². The summed E-state index contributed by atoms with van der Waals surface area (Å²) in [7, 11) is 1.50. The van der Waals surface area contributed by atoms with Gasteiger partial charge in [-0.15, -0.1) is 0 Å². The molecule has 0 saturated carbocycles. The number of carbonyl (C=O) groups is 2. The van der Waals surface area contributed by atoms with Crippen molar-refractivity contribution in [2.75, 3.05) is 19.0 Å². The molecule has 1 heterocycles. The van der Waals surface area contributed by atoms with Gasteiger partial charge in [0.1, 0.15) is 5.82 Å². The molecule has 2 amide bonds. The van der Waals surface area contributed by atoms with Crippen molar-refractivity contribution in [3.05, 3.63) is 86.6 Å². The minimum absolute atomic E-state index is 0.191. The minimum Gasteiger partial charge on any atom is -0.493 e. The summed E-state index contributed by atoms with van der Waals surface area (Å²) in [6.45, 7) is -0.191. The number of hydrogen-bond donors (Lipinski definition) is 2. The SMILES string of the molecule is COc1cc(/C=C2/SC(=Nc3ccc(F)cc3)NC2=O)cc(I)c1OCC(=O)Nc1ccccc1. The quantitative estimate of drug-likeness (QED) is 0.281. The first kappa shape index (κ1) is 24.7. The summed E-state index contributed by atoms with van der Waals surface area (Å²) in [5.41, 5.74) is 1.93. The van der Waals surface area contributed by atoms with Crippen LogP contribution in [0.1, 0.15) is 5.56 Å². The highest BCUT2D eigenvalue weighted by molar-refractivity contribution is 14.1. The van der Waals surface area contributed by atoms with Crippen molar-refractivity contribution in [3.8, 4) is 11.5 Å². The summed E-state index contributed by atoms with van der Waals surface area (Å²) in [6.07, 6.45) is 1.71. The van der Waals surface area contributed by atoms with E-state index in [2.05, 4.69) is 38.2 Å². The van der Waals surface area contributed by atoms with Crippen LogP contribution in [0.5, 0.6) is 11.5 Å². The fourth-order valence-corrected chi connectivity index (χ4v) is 4.71. The second-order valence-electron chi connectivity index (χ2n) is 7.20. The normalized spacial score (nSPS) is 15.2. The molecule has 0 spiro atoms. The Balaban J connectivity index is 1.47. The number of halogens is 2. The maximum atomic E-state index is 13.1. The highest BCUT2D eigenvalue weighted by Crippen LogP contribution is 2.36. The molecule has 0 bridgehead atoms. The Morgan fingerprint density at radius 2 is 1.91 bits per heavy atom. The third-order valence-electron chi connectivity index (χ3n) is 4.66. The topological polar surface area (TPSA) is 89.0 Å². The number of benzene rings is 3. The van der Waals surface area contributed by atoms with Gasteiger partial charge in [0.05, 0.1) is 21.3 Å². The van der Waals surface area contributed by atoms with Gasteiger partial charge >= 0.3 is 0 Å². The number of methoxy groups -OCH3 is 1. The Labute approximate surface area is 219 Å². The number of thioether (sulfide) groups is 1. The lowest BCUT2D eigenvalue weighted by Gasteiger charge is -2.14. The molecule has 7 nitrogen and oxygen atoms in total. The minimum atomic E-state index is -0.356. The van der Waals surface area contributed by atoms with E-state index in [1.54, 1.807) is 24.3 Å². The van der Waals surface area contributed by atoms with Crippen molar-refractivity contribution in [2.24, 2.45) is 4.99 Å². The first-order valence-electron chi connectivity index (χ1n) is 10.3. The summed E-state index contributed by atoms with van der Waals surface area (Å²) < 4.78 is 25.0. The van der Waals surface area contributed by atoms with E-state index < -0.39 is 0 Å². The van der Waals surface area contributed by atoms with Gasteiger partial charge in [0.25, 0.3) is 11.8 Å². The molecule has 1 fully saturated rings. The monoisotopic (exact) mass is 603 g/mol. The molecular weight excluding hydrogens is 584 g/mol. The Kier molecular flexibility index (Phi) is 8.03. The fourth-order valence-electron chi connectivity index (χ4n) is 3.08. The van der Waals surface area contributed by atoms with Crippen LogP contribution in [0.25, 0.3) is 6.08 Å². The molecule has 0 radical (unpaired) electrons. The lowest BCUT2D eigenvalue weighted by molar-refractivity contribution is -0.118. The van der Waals surface area contributed by atoms with Crippen LogP contribution < -0.4 is 20.1 Å². The van der Waals surface area contributed by atoms with Crippen molar-refractivity contribution < 1.29 is 23.5 Å². The number of aliphatic imine (C=N–C) groups is 1. The van der Waals surface area contributed by atoms with Crippen LogP contribution >= 0.6 is 34.4 Å². The van der Waals surface area contributed by atoms with Gasteiger partial charge in [0, 0.05) is 5.69 Å². The molecule has 10 heteroatoms. The second kappa shape index (κ2) is 11.4. The van der Waals surface area contributed by atoms with Crippen molar-refractivity contribution in [3.63, 3.8) is 0 Å². The number of amides is 2. The molecule has 1 saturated heterocycles. The van der Waals surface area contributed by atoms with Gasteiger partial charge in [-0.1, -0.05) is 18.2 Å². The summed E-state index contributed by atoms with van der Waals surface area (Å²) in [5, 5.41) is 5.87. The van der Waals surface area contributed by atoms with E-state index in [4.69, 9.17) is 9.47 Å². The smallest absolute Gasteiger partial charge is 0.264 e. The Hall–Kier alpha value is -3.38. The summed E-state index contributed by atoms with van der Waals surface area (Å²) in [6, 6.07) is 18.3. The summed E-state index contributed by atoms with van der Waals surface area (Å²) >= 11 is 3.27. The van der Waals surface area contributed by atoms with Crippen LogP contribution in [0.4, 0.5) is 15.8 Å². The molecule has 1 aliphatic rings. The molecule has 2 N–H and O–H groups in total. The van der Waals surface area contributed by atoms with Crippen molar-refractivity contribution in [2.45, 2.75) is 0 Å². The van der Waals surface area contributed by atoms with Crippen LogP contribution in [0.3, 0.4) is 0 Å². The van der Waals surface area contributed by atoms with E-state index in [-0.39, 0.29) is 24.2 Å². The van der Waals surface area contributed by atoms with Gasteiger partial charge in [0.2, 0.25) is 0 Å². The van der Waals surface area contributed by atoms with Crippen molar-refractivity contribution >= 4 is 68.8 Å². The zero-order valence-electron chi connectivity index (χ0n) is 18.4. The van der Waals surface area contributed by atoms with Crippen molar-refractivity contribution in [1.29, 1.82) is 0 Å². The van der Waals surface area contributed by atoms with Gasteiger partial charge in [-0.05, 0) is 94.5 Å². The van der Waals surface area contributed by atoms with Crippen LogP contribution in [-0.4, -0.2) is 30.7 Å². The Bertz CT molecular complexity index is 1310. The van der Waals surface area contributed by atoms with E-state index in [0.29, 0.717) is 42.1 Å². The van der Waals surface area contributed by atoms with Crippen LogP contribution in [0.2, 0.25) is 0 Å². The molecule has 178 valence electrons. The third-order valence-corrected chi connectivity index (χ3v) is 6.37. The predicted molar refractivity (Wildman–Crippen MR) is 143 cm³/mol. The maximum absolute atomic E-state index is 13.1. The van der Waals surface area contributed by atoms with Crippen LogP contribution in [-0.2, 0) is 9.59 Å². The molecule has 4 rings (SSSR count). The number of carbonyl (C=O) groups excluding carboxylic acids is 2. The first-order valence-corrected chi connectivity index (χ1v) is 12.2. The van der Waals surface area contributed by atoms with Gasteiger partial charge in [-0.2, -0.15) is 0 Å². The number of nitrogens with zero attached hydrogens (tertiary/aromatic N) is 1. The van der Waals surface area contributed by atoms with E-state index in [0.717, 1.165) is 0 Å². The zero-order valence-corrected chi connectivity index (χ0v) is 21.4. The molecule has 35 heavy (non-hydrogen) atoms. The number of nitrogens with one attached hydrogen (secondary N) is 2. The highest BCUT2D eigenvalue weighted by Gasteiger charge is 2.24. The standard InChI is InChI=1S/C25H19FIN3O4S/c1-33-20-12-15(11-19(27)23(20)34-14-22(31)28-17-5-3-2-4-6-17)13-21-24(32)30-25(35-21)29-18-9-7-16(26)8-10-18/h2-13H,14H2,1H3,(H,28,31)(H,29,30,32)/b21-13+. The average molecular weight is 603 g/mol. The van der Waals surface area contributed by atoms with E-state index >= 15 is 0 Å². The number of para-hydroxylation sites is 1. The largest absolute Gasteiger partial charge is 0.493 e. The predicted octanol–water partition coefficient (Wildman–Crippen LogP) is 5.35. The number of rotatable bonds is 7. The summed E-state index contributed by atoms with van der Waals surface area (Å²) in [5.74, 6) is -0.0825. The first-order chi connectivity index (χ1) is 16.9. The molecular formula is C25H19FIN3O4S. The molecule has 0 atom stereocenters. The third kappa shape index (κ3) is 6.61. The lowest BCUT2D eigenvalue weighted by Crippen LogP contribution is -2.20. The molecule has 1 aliphatic heterocycles. The number of anilines is 1. The lowest BCUT2D eigenvalue weighted by atomic mass is 10.2. The summed E-state index contributed by atoms with van der Waals surface area (Å²) in [4.78, 5) is 29.4. The molecule has 0 aromatic heterocycles. The molecule has 0 aliphatic carbocycles. The van der Waals surface area contributed by atoms with E-state index in [1.807, 2.05) is 24.3 Å². The maximum Gasteiger partial charge on any atom is 0.264 e. The number of hydrogen-bond acceptors (Lipinski definition) is 6. The van der Waals surface area contributed by atoms with E-state index in [9.17, 15) is 14.0 Å². The van der Waals surface area contributed by atoms with Gasteiger partial charge in [-0.3, -0.25) is 9.59 Å². The molecule has 0 unspecified atom stereocenters. The average Bonchev–Trinajstić information content (AvgIpc) is 3.18. The van der Waals surface area contributed by atoms with Crippen molar-refractivity contribution in [1.82, 2.24) is 5.32 Å². The molecule has 3 aromatic rings. The highest BCUT2D eigenvalue weighted by atomic mass is 127. The molecule has 3 aromatic carbocycles. The Morgan fingerprint density at radius 3 is 2.63 bits per heavy atom. The van der Waals surface area contributed by atoms with Gasteiger partial charge < -0.3 is 20.1 Å². The fraction of sp³-hybridized carbons (Fsp3) is 0.0800. The second-order valence-corrected chi connectivity index (χ2v) is 9.39. The van der Waals surface area contributed by atoms with Gasteiger partial charge in [0.15, 0.2) is 23.3 Å². The van der Waals surface area contributed by atoms with E-state index in [1.165, 1.54) is 43.1 Å². The Morgan fingerprint density at radius 1 is 1.17 bits per heavy atom.